The van der Waals surface area contributed by atoms with Gasteiger partial charge in [-0.25, -0.2) is 4.79 Å². The van der Waals surface area contributed by atoms with Crippen molar-refractivity contribution < 1.29 is 9.53 Å². The highest BCUT2D eigenvalue weighted by Gasteiger charge is 2.33. The Hall–Kier alpha value is -0.810. The summed E-state index contributed by atoms with van der Waals surface area (Å²) in [7, 11) is 0. The number of ether oxygens (including phenoxy) is 1. The highest BCUT2D eigenvalue weighted by Crippen LogP contribution is 2.31. The zero-order valence-electron chi connectivity index (χ0n) is 12.4. The van der Waals surface area contributed by atoms with Crippen LogP contribution in [0.4, 0.5) is 4.79 Å². The number of rotatable bonds is 3. The Balaban J connectivity index is 1.65. The molecule has 1 saturated heterocycles. The van der Waals surface area contributed by atoms with E-state index in [0.29, 0.717) is 6.04 Å². The van der Waals surface area contributed by atoms with E-state index < -0.39 is 5.60 Å². The lowest BCUT2D eigenvalue weighted by Gasteiger charge is -2.35. The summed E-state index contributed by atoms with van der Waals surface area (Å²) in [5.74, 6) is 0.740. The minimum atomic E-state index is -0.406. The van der Waals surface area contributed by atoms with Crippen LogP contribution in [0.3, 0.4) is 0 Å². The van der Waals surface area contributed by atoms with Crippen LogP contribution in [0.25, 0.3) is 0 Å². The largest absolute Gasteiger partial charge is 0.444 e. The van der Waals surface area contributed by atoms with E-state index in [1.807, 2.05) is 25.7 Å². The van der Waals surface area contributed by atoms with Gasteiger partial charge in [-0.3, -0.25) is 4.90 Å². The van der Waals surface area contributed by atoms with Gasteiger partial charge in [0, 0.05) is 32.2 Å². The fourth-order valence-corrected chi connectivity index (χ4v) is 2.43. The summed E-state index contributed by atoms with van der Waals surface area (Å²) in [6.07, 6.45) is 2.21. The summed E-state index contributed by atoms with van der Waals surface area (Å²) in [6.45, 7) is 10.3. The first-order valence-electron chi connectivity index (χ1n) is 7.31. The summed E-state index contributed by atoms with van der Waals surface area (Å²) in [6, 6.07) is 0.447. The number of carbonyl (C=O) groups excluding carboxylic acids is 1. The minimum Gasteiger partial charge on any atom is -0.444 e. The van der Waals surface area contributed by atoms with Gasteiger partial charge in [0.15, 0.2) is 0 Å². The Kier molecular flexibility index (Phi) is 4.36. The van der Waals surface area contributed by atoms with Crippen molar-refractivity contribution in [2.75, 3.05) is 32.7 Å². The number of hydrogen-bond donors (Lipinski definition) is 1. The van der Waals surface area contributed by atoms with Crippen molar-refractivity contribution in [3.8, 4) is 0 Å². The van der Waals surface area contributed by atoms with E-state index >= 15 is 0 Å². The average Bonchev–Trinajstić information content (AvgIpc) is 3.01. The lowest BCUT2D eigenvalue weighted by molar-refractivity contribution is 0.0143. The molecule has 0 spiro atoms. The molecule has 0 aromatic rings. The van der Waals surface area contributed by atoms with Crippen molar-refractivity contribution in [3.05, 3.63) is 0 Å². The van der Waals surface area contributed by atoms with Crippen LogP contribution in [0.15, 0.2) is 0 Å². The standard InChI is InChI=1S/C14H27N3O2/c1-14(2,3)19-13(18)17-8-6-16(7-9-17)5-4-11-10-12(11)15/h11-12H,4-10,15H2,1-3H3. The quantitative estimate of drug-likeness (QED) is 0.838. The van der Waals surface area contributed by atoms with Gasteiger partial charge in [-0.2, -0.15) is 0 Å². The first-order chi connectivity index (χ1) is 8.85. The molecule has 2 N–H and O–H groups in total. The van der Waals surface area contributed by atoms with Gasteiger partial charge in [0.1, 0.15) is 5.60 Å². The van der Waals surface area contributed by atoms with Gasteiger partial charge in [0.05, 0.1) is 0 Å². The number of carbonyl (C=O) groups is 1. The first-order valence-corrected chi connectivity index (χ1v) is 7.31. The molecule has 0 aromatic heterocycles. The van der Waals surface area contributed by atoms with Crippen molar-refractivity contribution in [2.24, 2.45) is 11.7 Å². The lowest BCUT2D eigenvalue weighted by Crippen LogP contribution is -2.50. The Labute approximate surface area is 116 Å². The molecule has 2 unspecified atom stereocenters. The van der Waals surface area contributed by atoms with Crippen molar-refractivity contribution >= 4 is 6.09 Å². The van der Waals surface area contributed by atoms with Crippen LogP contribution in [0.2, 0.25) is 0 Å². The molecule has 1 aliphatic carbocycles. The third kappa shape index (κ3) is 4.66. The molecule has 5 heteroatoms. The SMILES string of the molecule is CC(C)(C)OC(=O)N1CCN(CCC2CC2N)CC1. The second-order valence-corrected chi connectivity index (χ2v) is 6.76. The summed E-state index contributed by atoms with van der Waals surface area (Å²) >= 11 is 0. The van der Waals surface area contributed by atoms with Crippen LogP contribution in [-0.4, -0.2) is 60.3 Å². The maximum Gasteiger partial charge on any atom is 0.410 e. The molecular weight excluding hydrogens is 242 g/mol. The fraction of sp³-hybridized carbons (Fsp3) is 0.929. The predicted molar refractivity (Wildman–Crippen MR) is 74.9 cm³/mol. The van der Waals surface area contributed by atoms with Crippen LogP contribution in [-0.2, 0) is 4.74 Å². The summed E-state index contributed by atoms with van der Waals surface area (Å²) in [5.41, 5.74) is 5.41. The maximum atomic E-state index is 11.9. The van der Waals surface area contributed by atoms with Crippen LogP contribution in [0.5, 0.6) is 0 Å². The third-order valence-electron chi connectivity index (χ3n) is 3.82. The molecular formula is C14H27N3O2. The number of nitrogens with zero attached hydrogens (tertiary/aromatic N) is 2. The van der Waals surface area contributed by atoms with Gasteiger partial charge in [-0.05, 0) is 46.1 Å². The predicted octanol–water partition coefficient (Wildman–Crippen LogP) is 1.28. The summed E-state index contributed by atoms with van der Waals surface area (Å²) < 4.78 is 5.39. The Morgan fingerprint density at radius 3 is 2.32 bits per heavy atom. The second-order valence-electron chi connectivity index (χ2n) is 6.76. The van der Waals surface area contributed by atoms with Gasteiger partial charge < -0.3 is 15.4 Å². The molecule has 0 radical (unpaired) electrons. The van der Waals surface area contributed by atoms with Crippen molar-refractivity contribution in [3.63, 3.8) is 0 Å². The van der Waals surface area contributed by atoms with Gasteiger partial charge in [0.2, 0.25) is 0 Å². The minimum absolute atomic E-state index is 0.184. The lowest BCUT2D eigenvalue weighted by atomic mass is 10.2. The molecule has 2 fully saturated rings. The molecule has 1 amide bonds. The molecule has 1 aliphatic heterocycles. The van der Waals surface area contributed by atoms with E-state index in [1.54, 1.807) is 0 Å². The smallest absolute Gasteiger partial charge is 0.410 e. The first kappa shape index (κ1) is 14.6. The Bertz CT molecular complexity index is 319. The van der Waals surface area contributed by atoms with E-state index in [-0.39, 0.29) is 6.09 Å². The van der Waals surface area contributed by atoms with Gasteiger partial charge in [0.25, 0.3) is 0 Å². The highest BCUT2D eigenvalue weighted by molar-refractivity contribution is 5.68. The molecule has 2 aliphatic rings. The van der Waals surface area contributed by atoms with Crippen molar-refractivity contribution in [1.82, 2.24) is 9.80 Å². The van der Waals surface area contributed by atoms with E-state index in [0.717, 1.165) is 38.6 Å². The normalized spacial score (nSPS) is 28.3. The van der Waals surface area contributed by atoms with Gasteiger partial charge >= 0.3 is 6.09 Å². The van der Waals surface area contributed by atoms with Crippen LogP contribution in [0, 0.1) is 5.92 Å². The van der Waals surface area contributed by atoms with E-state index in [9.17, 15) is 4.79 Å². The average molecular weight is 269 g/mol. The fourth-order valence-electron chi connectivity index (χ4n) is 2.43. The molecule has 1 saturated carbocycles. The zero-order chi connectivity index (χ0) is 14.0. The molecule has 2 atom stereocenters. The van der Waals surface area contributed by atoms with Crippen LogP contribution in [0.1, 0.15) is 33.6 Å². The van der Waals surface area contributed by atoms with Crippen molar-refractivity contribution in [2.45, 2.75) is 45.3 Å². The third-order valence-corrected chi connectivity index (χ3v) is 3.82. The van der Waals surface area contributed by atoms with Gasteiger partial charge in [-0.1, -0.05) is 0 Å². The van der Waals surface area contributed by atoms with Crippen LogP contribution < -0.4 is 5.73 Å². The Morgan fingerprint density at radius 2 is 1.84 bits per heavy atom. The van der Waals surface area contributed by atoms with Gasteiger partial charge in [-0.15, -0.1) is 0 Å². The maximum absolute atomic E-state index is 11.9. The van der Waals surface area contributed by atoms with Crippen LogP contribution >= 0.6 is 0 Å². The van der Waals surface area contributed by atoms with E-state index in [2.05, 4.69) is 4.90 Å². The molecule has 1 heterocycles. The second kappa shape index (κ2) is 5.67. The molecule has 5 nitrogen and oxygen atoms in total. The summed E-state index contributed by atoms with van der Waals surface area (Å²) in [5, 5.41) is 0. The molecule has 110 valence electrons. The molecule has 19 heavy (non-hydrogen) atoms. The topological polar surface area (TPSA) is 58.8 Å². The zero-order valence-corrected chi connectivity index (χ0v) is 12.4. The monoisotopic (exact) mass is 269 g/mol. The number of nitrogens with two attached hydrogens (primary N) is 1. The molecule has 0 aromatic carbocycles. The Morgan fingerprint density at radius 1 is 1.26 bits per heavy atom. The number of amides is 1. The molecule has 2 rings (SSSR count). The van der Waals surface area contributed by atoms with Crippen molar-refractivity contribution in [1.29, 1.82) is 0 Å². The number of piperazine rings is 1. The number of hydrogen-bond acceptors (Lipinski definition) is 4. The van der Waals surface area contributed by atoms with E-state index in [4.69, 9.17) is 10.5 Å². The summed E-state index contributed by atoms with van der Waals surface area (Å²) in [4.78, 5) is 16.1. The van der Waals surface area contributed by atoms with E-state index in [1.165, 1.54) is 12.8 Å². The molecule has 0 bridgehead atoms. The highest BCUT2D eigenvalue weighted by atomic mass is 16.6.